The highest BCUT2D eigenvalue weighted by atomic mass is 15.2. The van der Waals surface area contributed by atoms with Gasteiger partial charge in [-0.1, -0.05) is 12.8 Å². The quantitative estimate of drug-likeness (QED) is 0.769. The Labute approximate surface area is 112 Å². The topological polar surface area (TPSA) is 78.5 Å². The fraction of sp³-hybridized carbons (Fsp3) is 0.615. The van der Waals surface area contributed by atoms with Crippen LogP contribution in [-0.2, 0) is 0 Å². The molecule has 0 aliphatic heterocycles. The fourth-order valence-electron chi connectivity index (χ4n) is 2.65. The number of fused-ring (bicyclic) bond motifs is 1. The van der Waals surface area contributed by atoms with E-state index in [2.05, 4.69) is 30.6 Å². The summed E-state index contributed by atoms with van der Waals surface area (Å²) >= 11 is 0. The van der Waals surface area contributed by atoms with Crippen molar-refractivity contribution < 1.29 is 0 Å². The van der Waals surface area contributed by atoms with Crippen LogP contribution < -0.4 is 10.6 Å². The van der Waals surface area contributed by atoms with Gasteiger partial charge < -0.3 is 15.6 Å². The lowest BCUT2D eigenvalue weighted by Crippen LogP contribution is -2.13. The van der Waals surface area contributed by atoms with Crippen LogP contribution in [0.4, 0.5) is 11.8 Å². The average Bonchev–Trinajstić information content (AvgIpc) is 3.07. The lowest BCUT2D eigenvalue weighted by Gasteiger charge is -2.12. The van der Waals surface area contributed by atoms with Gasteiger partial charge in [-0.25, -0.2) is 4.98 Å². The van der Waals surface area contributed by atoms with E-state index in [4.69, 9.17) is 0 Å². The molecular weight excluding hydrogens is 240 g/mol. The smallest absolute Gasteiger partial charge is 0.226 e. The molecule has 6 heteroatoms. The van der Waals surface area contributed by atoms with Crippen LogP contribution in [0.15, 0.2) is 6.33 Å². The number of imidazole rings is 1. The highest BCUT2D eigenvalue weighted by Crippen LogP contribution is 2.26. The molecule has 0 spiro atoms. The second kappa shape index (κ2) is 5.42. The van der Waals surface area contributed by atoms with E-state index >= 15 is 0 Å². The zero-order valence-corrected chi connectivity index (χ0v) is 11.2. The van der Waals surface area contributed by atoms with Gasteiger partial charge in [0.2, 0.25) is 5.95 Å². The van der Waals surface area contributed by atoms with Crippen LogP contribution >= 0.6 is 0 Å². The van der Waals surface area contributed by atoms with Crippen LogP contribution in [-0.4, -0.2) is 33.0 Å². The molecule has 2 aromatic heterocycles. The predicted octanol–water partition coefficient (Wildman–Crippen LogP) is 2.39. The number of aromatic amines is 1. The first-order chi connectivity index (χ1) is 9.36. The van der Waals surface area contributed by atoms with Crippen LogP contribution in [0.1, 0.15) is 32.6 Å². The second-order valence-corrected chi connectivity index (χ2v) is 5.06. The molecule has 1 aliphatic carbocycles. The third-order valence-electron chi connectivity index (χ3n) is 3.65. The zero-order chi connectivity index (χ0) is 13.1. The first-order valence-electron chi connectivity index (χ1n) is 7.05. The summed E-state index contributed by atoms with van der Waals surface area (Å²) in [7, 11) is 0. The highest BCUT2D eigenvalue weighted by molar-refractivity contribution is 5.83. The molecule has 19 heavy (non-hydrogen) atoms. The Balaban J connectivity index is 1.80. The van der Waals surface area contributed by atoms with E-state index in [1.54, 1.807) is 6.33 Å². The van der Waals surface area contributed by atoms with E-state index in [-0.39, 0.29) is 0 Å². The van der Waals surface area contributed by atoms with Gasteiger partial charge in [0.25, 0.3) is 0 Å². The Hall–Kier alpha value is -1.85. The van der Waals surface area contributed by atoms with E-state index in [0.29, 0.717) is 11.6 Å². The van der Waals surface area contributed by atoms with E-state index in [0.717, 1.165) is 30.3 Å². The number of nitrogens with zero attached hydrogens (tertiary/aromatic N) is 3. The maximum absolute atomic E-state index is 4.52. The van der Waals surface area contributed by atoms with E-state index < -0.39 is 0 Å². The third kappa shape index (κ3) is 2.62. The summed E-state index contributed by atoms with van der Waals surface area (Å²) in [6.45, 7) is 3.82. The minimum Gasteiger partial charge on any atom is -0.368 e. The van der Waals surface area contributed by atoms with E-state index in [1.165, 1.54) is 25.7 Å². The van der Waals surface area contributed by atoms with Gasteiger partial charge in [-0.15, -0.1) is 0 Å². The predicted molar refractivity (Wildman–Crippen MR) is 76.3 cm³/mol. The molecule has 6 nitrogen and oxygen atoms in total. The van der Waals surface area contributed by atoms with Crippen LogP contribution in [0.3, 0.4) is 0 Å². The molecule has 0 amide bonds. The van der Waals surface area contributed by atoms with Crippen molar-refractivity contribution in [2.24, 2.45) is 5.92 Å². The maximum Gasteiger partial charge on any atom is 0.226 e. The van der Waals surface area contributed by atoms with Gasteiger partial charge in [0, 0.05) is 13.1 Å². The standard InChI is InChI=1S/C13H20N6/c1-2-14-13-18-11(10-12(19-13)17-8-16-10)15-7-9-5-3-4-6-9/h8-9H,2-7H2,1H3,(H3,14,15,16,17,18,19). The molecule has 1 fully saturated rings. The molecule has 3 N–H and O–H groups in total. The molecule has 2 aromatic rings. The van der Waals surface area contributed by atoms with Crippen molar-refractivity contribution in [1.29, 1.82) is 0 Å². The monoisotopic (exact) mass is 260 g/mol. The van der Waals surface area contributed by atoms with E-state index in [9.17, 15) is 0 Å². The summed E-state index contributed by atoms with van der Waals surface area (Å²) in [4.78, 5) is 16.2. The van der Waals surface area contributed by atoms with Gasteiger partial charge in [0.1, 0.15) is 5.52 Å². The first kappa shape index (κ1) is 12.2. The normalized spacial score (nSPS) is 16.1. The minimum absolute atomic E-state index is 0.635. The highest BCUT2D eigenvalue weighted by Gasteiger charge is 2.16. The summed E-state index contributed by atoms with van der Waals surface area (Å²) in [5.74, 6) is 2.26. The molecule has 1 saturated carbocycles. The zero-order valence-electron chi connectivity index (χ0n) is 11.2. The van der Waals surface area contributed by atoms with Crippen molar-refractivity contribution in [3.63, 3.8) is 0 Å². The molecule has 102 valence electrons. The Morgan fingerprint density at radius 2 is 2.11 bits per heavy atom. The molecule has 3 rings (SSSR count). The van der Waals surface area contributed by atoms with Crippen LogP contribution in [0.2, 0.25) is 0 Å². The van der Waals surface area contributed by atoms with Crippen LogP contribution in [0, 0.1) is 5.92 Å². The van der Waals surface area contributed by atoms with Gasteiger partial charge >= 0.3 is 0 Å². The van der Waals surface area contributed by atoms with Gasteiger partial charge in [-0.2, -0.15) is 9.97 Å². The summed E-state index contributed by atoms with van der Waals surface area (Å²) in [5.41, 5.74) is 1.60. The van der Waals surface area contributed by atoms with Crippen molar-refractivity contribution in [2.75, 3.05) is 23.7 Å². The van der Waals surface area contributed by atoms with Crippen molar-refractivity contribution >= 4 is 22.9 Å². The summed E-state index contributed by atoms with van der Waals surface area (Å²) < 4.78 is 0. The lowest BCUT2D eigenvalue weighted by atomic mass is 10.1. The molecule has 2 heterocycles. The summed E-state index contributed by atoms with van der Waals surface area (Å²) in [6.07, 6.45) is 7.03. The largest absolute Gasteiger partial charge is 0.368 e. The summed E-state index contributed by atoms with van der Waals surface area (Å²) in [6, 6.07) is 0. The number of nitrogens with one attached hydrogen (secondary N) is 3. The minimum atomic E-state index is 0.635. The van der Waals surface area contributed by atoms with Crippen molar-refractivity contribution in [3.8, 4) is 0 Å². The number of aromatic nitrogens is 4. The van der Waals surface area contributed by atoms with Gasteiger partial charge in [-0.3, -0.25) is 0 Å². The van der Waals surface area contributed by atoms with Gasteiger partial charge in [-0.05, 0) is 25.7 Å². The number of H-pyrrole nitrogens is 1. The average molecular weight is 260 g/mol. The fourth-order valence-corrected chi connectivity index (χ4v) is 2.65. The lowest BCUT2D eigenvalue weighted by molar-refractivity contribution is 0.579. The maximum atomic E-state index is 4.52. The molecule has 0 unspecified atom stereocenters. The van der Waals surface area contributed by atoms with Crippen molar-refractivity contribution in [2.45, 2.75) is 32.6 Å². The van der Waals surface area contributed by atoms with Crippen LogP contribution in [0.5, 0.6) is 0 Å². The Morgan fingerprint density at radius 3 is 2.89 bits per heavy atom. The second-order valence-electron chi connectivity index (χ2n) is 5.06. The Kier molecular flexibility index (Phi) is 3.48. The number of rotatable bonds is 5. The molecule has 0 aromatic carbocycles. The molecular formula is C13H20N6. The Morgan fingerprint density at radius 1 is 1.26 bits per heavy atom. The first-order valence-corrected chi connectivity index (χ1v) is 7.05. The van der Waals surface area contributed by atoms with Gasteiger partial charge in [0.15, 0.2) is 11.5 Å². The molecule has 0 radical (unpaired) electrons. The number of anilines is 2. The van der Waals surface area contributed by atoms with Crippen molar-refractivity contribution in [1.82, 2.24) is 19.9 Å². The molecule has 1 aliphatic rings. The third-order valence-corrected chi connectivity index (χ3v) is 3.65. The van der Waals surface area contributed by atoms with E-state index in [1.807, 2.05) is 6.92 Å². The van der Waals surface area contributed by atoms with Crippen molar-refractivity contribution in [3.05, 3.63) is 6.33 Å². The molecule has 0 bridgehead atoms. The Bertz CT molecular complexity index is 543. The number of hydrogen-bond donors (Lipinski definition) is 3. The number of hydrogen-bond acceptors (Lipinski definition) is 5. The summed E-state index contributed by atoms with van der Waals surface area (Å²) in [5, 5.41) is 6.59. The SMILES string of the molecule is CCNc1nc(NCC2CCCC2)c2[nH]cnc2n1. The van der Waals surface area contributed by atoms with Gasteiger partial charge in [0.05, 0.1) is 6.33 Å². The van der Waals surface area contributed by atoms with Crippen LogP contribution in [0.25, 0.3) is 11.2 Å². The molecule has 0 saturated heterocycles. The molecule has 0 atom stereocenters.